The third-order valence-corrected chi connectivity index (χ3v) is 8.52. The molecule has 3 heteroatoms. The Morgan fingerprint density at radius 2 is 1.80 bits per heavy atom. The van der Waals surface area contributed by atoms with E-state index in [4.69, 9.17) is 10.2 Å². The van der Waals surface area contributed by atoms with Gasteiger partial charge < -0.3 is 10.2 Å². The van der Waals surface area contributed by atoms with Crippen LogP contribution >= 0.6 is 0 Å². The van der Waals surface area contributed by atoms with Gasteiger partial charge in [0, 0.05) is 6.04 Å². The number of hydrogen-bond donors (Lipinski definition) is 1. The molecule has 0 aliphatic heterocycles. The molecule has 1 atom stereocenters. The van der Waals surface area contributed by atoms with Crippen molar-refractivity contribution in [1.29, 1.82) is 0 Å². The maximum atomic E-state index is 6.12. The quantitative estimate of drug-likeness (QED) is 0.631. The molecule has 1 aromatic carbocycles. The second-order valence-corrected chi connectivity index (χ2v) is 11.7. The molecular weight excluding hydrogens is 262 g/mol. The Morgan fingerprint density at radius 1 is 1.20 bits per heavy atom. The highest BCUT2D eigenvalue weighted by molar-refractivity contribution is 6.74. The summed E-state index contributed by atoms with van der Waals surface area (Å²) in [6.07, 6.45) is 5.11. The molecule has 2 N–H and O–H groups in total. The topological polar surface area (TPSA) is 35.2 Å². The largest absolute Gasteiger partial charge is 0.415 e. The van der Waals surface area contributed by atoms with E-state index in [1.807, 2.05) is 6.07 Å². The number of allylic oxidation sites excluding steroid dienone is 1. The Morgan fingerprint density at radius 3 is 2.35 bits per heavy atom. The molecule has 2 nitrogen and oxygen atoms in total. The van der Waals surface area contributed by atoms with Crippen LogP contribution in [0, 0.1) is 0 Å². The molecule has 0 fully saturated rings. The van der Waals surface area contributed by atoms with Crippen LogP contribution in [0.4, 0.5) is 0 Å². The molecule has 1 rings (SSSR count). The van der Waals surface area contributed by atoms with Crippen LogP contribution in [0.5, 0.6) is 0 Å². The Hall–Kier alpha value is -0.903. The van der Waals surface area contributed by atoms with Gasteiger partial charge in [-0.3, -0.25) is 0 Å². The molecule has 0 saturated carbocycles. The molecule has 0 heterocycles. The molecule has 0 amide bonds. The summed E-state index contributed by atoms with van der Waals surface area (Å²) in [5.74, 6) is 0. The van der Waals surface area contributed by atoms with Crippen molar-refractivity contribution in [3.05, 3.63) is 48.0 Å². The zero-order chi connectivity index (χ0) is 15.2. The summed E-state index contributed by atoms with van der Waals surface area (Å²) < 4.78 is 6.12. The van der Waals surface area contributed by atoms with Crippen molar-refractivity contribution in [3.63, 3.8) is 0 Å². The van der Waals surface area contributed by atoms with E-state index in [2.05, 4.69) is 70.3 Å². The lowest BCUT2D eigenvalue weighted by Crippen LogP contribution is -2.43. The van der Waals surface area contributed by atoms with E-state index in [9.17, 15) is 0 Å². The first-order valence-electron chi connectivity index (χ1n) is 7.32. The van der Waals surface area contributed by atoms with Crippen LogP contribution < -0.4 is 5.73 Å². The van der Waals surface area contributed by atoms with Crippen LogP contribution in [0.25, 0.3) is 0 Å². The summed E-state index contributed by atoms with van der Waals surface area (Å²) in [6.45, 7) is 11.9. The van der Waals surface area contributed by atoms with E-state index < -0.39 is 8.32 Å². The van der Waals surface area contributed by atoms with Crippen molar-refractivity contribution in [3.8, 4) is 0 Å². The van der Waals surface area contributed by atoms with E-state index in [1.165, 1.54) is 5.56 Å². The molecule has 0 aromatic heterocycles. The van der Waals surface area contributed by atoms with Gasteiger partial charge in [-0.1, -0.05) is 63.3 Å². The SMILES string of the molecule is CC(C)(C)[Si](C)(C)OC[C@H](N)/C=C/Cc1ccccc1. The van der Waals surface area contributed by atoms with E-state index in [0.29, 0.717) is 6.61 Å². The first kappa shape index (κ1) is 17.1. The molecule has 20 heavy (non-hydrogen) atoms. The average molecular weight is 292 g/mol. The molecule has 0 spiro atoms. The predicted molar refractivity (Wildman–Crippen MR) is 90.4 cm³/mol. The van der Waals surface area contributed by atoms with Gasteiger partial charge in [-0.15, -0.1) is 0 Å². The minimum Gasteiger partial charge on any atom is -0.415 e. The summed E-state index contributed by atoms with van der Waals surface area (Å²) in [6, 6.07) is 10.4. The van der Waals surface area contributed by atoms with Crippen molar-refractivity contribution >= 4 is 8.32 Å². The van der Waals surface area contributed by atoms with Gasteiger partial charge in [-0.2, -0.15) is 0 Å². The molecule has 0 radical (unpaired) electrons. The fourth-order valence-corrected chi connectivity index (χ4v) is 2.61. The second-order valence-electron chi connectivity index (χ2n) is 6.85. The zero-order valence-electron chi connectivity index (χ0n) is 13.5. The van der Waals surface area contributed by atoms with Crippen molar-refractivity contribution in [1.82, 2.24) is 0 Å². The average Bonchev–Trinajstić information content (AvgIpc) is 2.36. The smallest absolute Gasteiger partial charge is 0.192 e. The second kappa shape index (κ2) is 7.20. The zero-order valence-corrected chi connectivity index (χ0v) is 14.5. The van der Waals surface area contributed by atoms with Gasteiger partial charge in [-0.25, -0.2) is 0 Å². The molecule has 0 aliphatic carbocycles. The van der Waals surface area contributed by atoms with Gasteiger partial charge in [0.05, 0.1) is 6.61 Å². The summed E-state index contributed by atoms with van der Waals surface area (Å²) in [7, 11) is -1.68. The lowest BCUT2D eigenvalue weighted by Gasteiger charge is -2.36. The van der Waals surface area contributed by atoms with Gasteiger partial charge in [0.1, 0.15) is 0 Å². The van der Waals surface area contributed by atoms with Gasteiger partial charge in [-0.05, 0) is 30.1 Å². The van der Waals surface area contributed by atoms with Crippen molar-refractivity contribution in [2.75, 3.05) is 6.61 Å². The molecule has 1 aromatic rings. The van der Waals surface area contributed by atoms with Crippen molar-refractivity contribution in [2.24, 2.45) is 5.73 Å². The van der Waals surface area contributed by atoms with Crippen LogP contribution in [0.1, 0.15) is 26.3 Å². The normalized spacial score (nSPS) is 14.7. The lowest BCUT2D eigenvalue weighted by molar-refractivity contribution is 0.278. The Bertz CT molecular complexity index is 420. The fraction of sp³-hybridized carbons (Fsp3) is 0.529. The number of hydrogen-bond acceptors (Lipinski definition) is 2. The number of nitrogens with two attached hydrogens (primary N) is 1. The van der Waals surface area contributed by atoms with Crippen LogP contribution in [0.2, 0.25) is 18.1 Å². The van der Waals surface area contributed by atoms with E-state index in [-0.39, 0.29) is 11.1 Å². The Balaban J connectivity index is 2.39. The highest BCUT2D eigenvalue weighted by Crippen LogP contribution is 2.36. The maximum Gasteiger partial charge on any atom is 0.192 e. The minimum atomic E-state index is -1.68. The van der Waals surface area contributed by atoms with Crippen molar-refractivity contribution in [2.45, 2.75) is 51.4 Å². The number of rotatable bonds is 6. The third kappa shape index (κ3) is 5.61. The first-order valence-corrected chi connectivity index (χ1v) is 10.2. The van der Waals surface area contributed by atoms with Gasteiger partial charge in [0.25, 0.3) is 0 Å². The van der Waals surface area contributed by atoms with Crippen LogP contribution in [0.3, 0.4) is 0 Å². The first-order chi connectivity index (χ1) is 9.22. The molecule has 0 saturated heterocycles. The highest BCUT2D eigenvalue weighted by atomic mass is 28.4. The maximum absolute atomic E-state index is 6.12. The van der Waals surface area contributed by atoms with E-state index in [1.54, 1.807) is 0 Å². The van der Waals surface area contributed by atoms with Gasteiger partial charge in [0.15, 0.2) is 8.32 Å². The fourth-order valence-electron chi connectivity index (χ4n) is 1.57. The minimum absolute atomic E-state index is 0.0205. The van der Waals surface area contributed by atoms with Gasteiger partial charge in [0.2, 0.25) is 0 Å². The molecule has 0 aliphatic rings. The van der Waals surface area contributed by atoms with Crippen molar-refractivity contribution < 1.29 is 4.43 Å². The van der Waals surface area contributed by atoms with Gasteiger partial charge >= 0.3 is 0 Å². The van der Waals surface area contributed by atoms with Crippen LogP contribution in [0.15, 0.2) is 42.5 Å². The lowest BCUT2D eigenvalue weighted by atomic mass is 10.1. The Kier molecular flexibility index (Phi) is 6.18. The van der Waals surface area contributed by atoms with Crippen LogP contribution in [-0.2, 0) is 10.8 Å². The summed E-state index contributed by atoms with van der Waals surface area (Å²) in [4.78, 5) is 0. The monoisotopic (exact) mass is 291 g/mol. The standard InChI is InChI=1S/C17H29NOSi/c1-17(2,3)20(4,5)19-14-16(18)13-9-12-15-10-7-6-8-11-15/h6-11,13,16H,12,14,18H2,1-5H3/b13-9+/t16-/m1/s1. The molecular formula is C17H29NOSi. The molecule has 0 unspecified atom stereocenters. The molecule has 0 bridgehead atoms. The summed E-state index contributed by atoms with van der Waals surface area (Å²) in [5.41, 5.74) is 7.41. The molecule has 112 valence electrons. The van der Waals surface area contributed by atoms with E-state index in [0.717, 1.165) is 6.42 Å². The summed E-state index contributed by atoms with van der Waals surface area (Å²) in [5, 5.41) is 0.237. The summed E-state index contributed by atoms with van der Waals surface area (Å²) >= 11 is 0. The number of benzene rings is 1. The predicted octanol–water partition coefficient (Wildman–Crippen LogP) is 4.13. The Labute approximate surface area is 125 Å². The highest BCUT2D eigenvalue weighted by Gasteiger charge is 2.37. The third-order valence-electron chi connectivity index (χ3n) is 4.02. The van der Waals surface area contributed by atoms with Crippen LogP contribution in [-0.4, -0.2) is 21.0 Å². The van der Waals surface area contributed by atoms with E-state index >= 15 is 0 Å².